The molecule has 2 rings (SSSR count). The topological polar surface area (TPSA) is 104 Å². The Labute approximate surface area is 167 Å². The van der Waals surface area contributed by atoms with Gasteiger partial charge < -0.3 is 14.9 Å². The van der Waals surface area contributed by atoms with Crippen molar-refractivity contribution in [3.8, 4) is 0 Å². The number of rotatable bonds is 0. The van der Waals surface area contributed by atoms with Crippen molar-refractivity contribution in [1.82, 2.24) is 5.48 Å². The first-order chi connectivity index (χ1) is 10.5. The summed E-state index contributed by atoms with van der Waals surface area (Å²) in [5.41, 5.74) is -4.15. The Morgan fingerprint density at radius 1 is 0.846 bits per heavy atom. The first kappa shape index (κ1) is 36.6. The van der Waals surface area contributed by atoms with Crippen LogP contribution in [0.3, 0.4) is 0 Å². The van der Waals surface area contributed by atoms with Gasteiger partial charge in [0.25, 0.3) is 0 Å². The molecule has 1 amide bonds. The number of halogens is 3. The summed E-state index contributed by atoms with van der Waals surface area (Å²) in [6, 6.07) is 0. The van der Waals surface area contributed by atoms with Crippen LogP contribution in [0.5, 0.6) is 0 Å². The van der Waals surface area contributed by atoms with E-state index in [1.807, 2.05) is 0 Å². The number of carbonyl (C=O) groups excluding carboxylic acids is 1. The Balaban J connectivity index is -0.0000000739. The first-order valence-corrected chi connectivity index (χ1v) is 8.90. The number of alkyl halides is 3. The van der Waals surface area contributed by atoms with Crippen LogP contribution < -0.4 is 5.48 Å². The molecule has 6 nitrogen and oxygen atoms in total. The molecule has 0 aromatic carbocycles. The molecule has 2 fully saturated rings. The van der Waals surface area contributed by atoms with Crippen LogP contribution in [0.1, 0.15) is 71.1 Å². The van der Waals surface area contributed by atoms with Gasteiger partial charge in [-0.3, -0.25) is 14.6 Å². The third-order valence-corrected chi connectivity index (χ3v) is 3.53. The van der Waals surface area contributed by atoms with Gasteiger partial charge in [0.2, 0.25) is 5.91 Å². The van der Waals surface area contributed by atoms with Crippen LogP contribution in [-0.2, 0) is 33.5 Å². The Hall–Kier alpha value is -0.286. The van der Waals surface area contributed by atoms with Crippen molar-refractivity contribution in [1.29, 1.82) is 0 Å². The van der Waals surface area contributed by atoms with E-state index in [2.05, 4.69) is 0 Å². The fourth-order valence-electron chi connectivity index (χ4n) is 1.77. The van der Waals surface area contributed by atoms with Gasteiger partial charge in [0.05, 0.1) is 0 Å². The van der Waals surface area contributed by atoms with E-state index in [-0.39, 0.29) is 33.4 Å². The van der Waals surface area contributed by atoms with Crippen molar-refractivity contribution in [3.05, 3.63) is 14.9 Å². The third-order valence-electron chi connectivity index (χ3n) is 2.95. The van der Waals surface area contributed by atoms with E-state index in [9.17, 15) is 18.0 Å². The van der Waals surface area contributed by atoms with Crippen LogP contribution >= 0.6 is 0 Å². The number of amides is 1. The molecule has 2 aliphatic carbocycles. The second-order valence-electron chi connectivity index (χ2n) is 5.12. The summed E-state index contributed by atoms with van der Waals surface area (Å²) in [4.78, 5) is 9.45. The van der Waals surface area contributed by atoms with Gasteiger partial charge in [-0.25, -0.2) is 5.48 Å². The van der Waals surface area contributed by atoms with Gasteiger partial charge in [-0.15, -0.1) is 0 Å². The van der Waals surface area contributed by atoms with E-state index < -0.39 is 21.5 Å². The van der Waals surface area contributed by atoms with Crippen molar-refractivity contribution in [3.63, 3.8) is 0 Å². The molecule has 0 atom stereocenters. The van der Waals surface area contributed by atoms with Crippen molar-refractivity contribution in [2.45, 2.75) is 76.6 Å². The van der Waals surface area contributed by atoms with Crippen LogP contribution in [0, 0.1) is 14.9 Å². The van der Waals surface area contributed by atoms with Gasteiger partial charge in [0.1, 0.15) is 0 Å². The van der Waals surface area contributed by atoms with E-state index in [0.29, 0.717) is 0 Å². The molecule has 0 saturated heterocycles. The maximum Gasteiger partial charge on any atom is 2.00 e. The Kier molecular flexibility index (Phi) is 29.6. The van der Waals surface area contributed by atoms with Gasteiger partial charge in [-0.2, -0.15) is 21.6 Å². The zero-order valence-corrected chi connectivity index (χ0v) is 17.9. The molecule has 0 bridgehead atoms. The fourth-order valence-corrected chi connectivity index (χ4v) is 1.77. The molecule has 2 aliphatic rings. The van der Waals surface area contributed by atoms with E-state index in [1.165, 1.54) is 76.6 Å². The van der Waals surface area contributed by atoms with Crippen molar-refractivity contribution < 1.29 is 54.7 Å². The van der Waals surface area contributed by atoms with Gasteiger partial charge in [0, 0.05) is 6.92 Å². The molecular weight excluding hydrogens is 414 g/mol. The monoisotopic (exact) mass is 446 g/mol. The molecule has 0 spiro atoms. The van der Waals surface area contributed by atoms with Crippen LogP contribution in [0.25, 0.3) is 0 Å². The molecule has 159 valence electrons. The molecule has 0 aliphatic heterocycles. The molecule has 0 aromatic heterocycles. The number of nitrogens with one attached hydrogen (secondary N) is 1. The van der Waals surface area contributed by atoms with Gasteiger partial charge in [-0.1, -0.05) is 64.2 Å². The minimum atomic E-state index is -5.84. The van der Waals surface area contributed by atoms with Gasteiger partial charge in [-0.05, 0) is 0 Å². The largest absolute Gasteiger partial charge is 2.00 e. The predicted molar refractivity (Wildman–Crippen MR) is 92.2 cm³/mol. The molecule has 26 heavy (non-hydrogen) atoms. The summed E-state index contributed by atoms with van der Waals surface area (Å²) < 4.78 is 57.5. The van der Waals surface area contributed by atoms with Crippen LogP contribution in [0.4, 0.5) is 13.2 Å². The van der Waals surface area contributed by atoms with Crippen LogP contribution in [0.15, 0.2) is 0 Å². The second-order valence-corrected chi connectivity index (χ2v) is 6.54. The number of carbonyl (C=O) groups is 1. The first-order valence-electron chi connectivity index (χ1n) is 7.46. The van der Waals surface area contributed by atoms with Gasteiger partial charge in [0.15, 0.2) is 0 Å². The predicted octanol–water partition coefficient (Wildman–Crippen LogP) is 4.70. The van der Waals surface area contributed by atoms with Crippen LogP contribution in [0.2, 0.25) is 0 Å². The standard InChI is InChI=1S/2C5H10.C2H5NO2.CHF3O3S.2CH3.V/c2*1-2-4-5-3-1;1-2(4)3-5;2-1(3,4)8(5,6)7;;;/h2*1-5H2;5H,1H3,(H,3,4);(H,5,6,7);2*1H3;/q;;;;2*-1;+2. The van der Waals surface area contributed by atoms with Crippen molar-refractivity contribution in [2.24, 2.45) is 0 Å². The maximum absolute atomic E-state index is 10.7. The van der Waals surface area contributed by atoms with E-state index in [4.69, 9.17) is 18.2 Å². The summed E-state index contributed by atoms with van der Waals surface area (Å²) in [6.07, 6.45) is 15.0. The average molecular weight is 446 g/mol. The zero-order valence-electron chi connectivity index (χ0n) is 15.7. The molecule has 0 unspecified atom stereocenters. The van der Waals surface area contributed by atoms with Crippen molar-refractivity contribution >= 4 is 16.0 Å². The van der Waals surface area contributed by atoms with Crippen LogP contribution in [-0.4, -0.2) is 29.6 Å². The molecule has 3 N–H and O–H groups in total. The number of hydroxylamine groups is 1. The summed E-state index contributed by atoms with van der Waals surface area (Å²) in [5.74, 6) is -0.440. The minimum absolute atomic E-state index is 0. The molecule has 0 heterocycles. The molecule has 1 radical (unpaired) electrons. The van der Waals surface area contributed by atoms with Crippen molar-refractivity contribution in [2.75, 3.05) is 0 Å². The second kappa shape index (κ2) is 21.0. The number of hydrogen-bond acceptors (Lipinski definition) is 4. The van der Waals surface area contributed by atoms with E-state index in [0.717, 1.165) is 0 Å². The maximum atomic E-state index is 10.7. The molecule has 2 saturated carbocycles. The van der Waals surface area contributed by atoms with Gasteiger partial charge >= 0.3 is 34.2 Å². The fraction of sp³-hybridized carbons (Fsp3) is 0.800. The zero-order chi connectivity index (χ0) is 18.4. The van der Waals surface area contributed by atoms with E-state index >= 15 is 0 Å². The average Bonchev–Trinajstić information content (AvgIpc) is 3.15. The molecular formula is C15H32F3NO5SV. The summed E-state index contributed by atoms with van der Waals surface area (Å²) in [7, 11) is -5.84. The van der Waals surface area contributed by atoms with E-state index in [1.54, 1.807) is 0 Å². The third kappa shape index (κ3) is 28.5. The Morgan fingerprint density at radius 2 is 0.962 bits per heavy atom. The number of hydrogen-bond donors (Lipinski definition) is 3. The SMILES string of the molecule is C1CCCC1.C1CCCC1.CC(=O)NO.O=S(=O)(O)C(F)(F)F.[CH3-].[CH3-].[V+2]. The normalized spacial score (nSPS) is 14.8. The summed E-state index contributed by atoms with van der Waals surface area (Å²) in [5, 5.41) is 7.54. The Morgan fingerprint density at radius 3 is 1.00 bits per heavy atom. The molecule has 11 heteroatoms. The minimum Gasteiger partial charge on any atom is -0.358 e. The molecule has 0 aromatic rings. The Bertz CT molecular complexity index is 373. The summed E-state index contributed by atoms with van der Waals surface area (Å²) in [6.45, 7) is 1.22. The summed E-state index contributed by atoms with van der Waals surface area (Å²) >= 11 is 0. The smallest absolute Gasteiger partial charge is 0.358 e. The quantitative estimate of drug-likeness (QED) is 0.164.